The smallest absolute Gasteiger partial charge is 0.338 e. The van der Waals surface area contributed by atoms with Gasteiger partial charge in [0.05, 0.1) is 17.1 Å². The molecule has 1 unspecified atom stereocenters. The van der Waals surface area contributed by atoms with Gasteiger partial charge in [0.1, 0.15) is 0 Å². The van der Waals surface area contributed by atoms with Crippen molar-refractivity contribution >= 4 is 16.0 Å². The maximum atomic E-state index is 12.1. The van der Waals surface area contributed by atoms with E-state index in [9.17, 15) is 13.2 Å². The Hall–Kier alpha value is -1.44. The lowest BCUT2D eigenvalue weighted by Gasteiger charge is -2.13. The molecule has 118 valence electrons. The molecule has 0 amide bonds. The molecule has 1 aromatic rings. The molecule has 1 rings (SSSR count). The molecular weight excluding hydrogens is 294 g/mol. The molecule has 0 aliphatic heterocycles. The van der Waals surface area contributed by atoms with Crippen LogP contribution in [-0.4, -0.2) is 38.7 Å². The predicted octanol–water partition coefficient (Wildman–Crippen LogP) is 1.30. The predicted molar refractivity (Wildman–Crippen MR) is 78.5 cm³/mol. The van der Waals surface area contributed by atoms with Crippen LogP contribution >= 0.6 is 0 Å². The lowest BCUT2D eigenvalue weighted by Crippen LogP contribution is -2.32. The van der Waals surface area contributed by atoms with Crippen LogP contribution in [0.4, 0.5) is 0 Å². The number of carbonyl (C=O) groups is 1. The van der Waals surface area contributed by atoms with Crippen LogP contribution in [0, 0.1) is 0 Å². The first-order valence-corrected chi connectivity index (χ1v) is 8.29. The molecule has 0 fully saturated rings. The minimum Gasteiger partial charge on any atom is -0.462 e. The summed E-state index contributed by atoms with van der Waals surface area (Å²) < 4.78 is 31.6. The molecule has 2 N–H and O–H groups in total. The number of sulfonamides is 1. The van der Waals surface area contributed by atoms with E-state index >= 15 is 0 Å². The topological polar surface area (TPSA) is 92.7 Å². The molecule has 1 atom stereocenters. The standard InChI is InChI=1S/C14H21NO5S/c1-3-20-14(17)12-6-8-13(9-7-12)21(18,19)15-11(2)5-4-10-16/h6-9,11,15-16H,3-5,10H2,1-2H3. The van der Waals surface area contributed by atoms with Gasteiger partial charge in [-0.2, -0.15) is 0 Å². The quantitative estimate of drug-likeness (QED) is 0.705. The average molecular weight is 315 g/mol. The van der Waals surface area contributed by atoms with Crippen LogP contribution in [0.2, 0.25) is 0 Å². The lowest BCUT2D eigenvalue weighted by molar-refractivity contribution is 0.0526. The Bertz CT molecular complexity index is 553. The highest BCUT2D eigenvalue weighted by Crippen LogP contribution is 2.12. The van der Waals surface area contributed by atoms with Crippen molar-refractivity contribution < 1.29 is 23.1 Å². The maximum Gasteiger partial charge on any atom is 0.338 e. The number of hydrogen-bond acceptors (Lipinski definition) is 5. The zero-order chi connectivity index (χ0) is 15.9. The Balaban J connectivity index is 2.78. The first-order chi connectivity index (χ1) is 9.90. The highest BCUT2D eigenvalue weighted by molar-refractivity contribution is 7.89. The van der Waals surface area contributed by atoms with Gasteiger partial charge in [0, 0.05) is 12.6 Å². The summed E-state index contributed by atoms with van der Waals surface area (Å²) >= 11 is 0. The lowest BCUT2D eigenvalue weighted by atomic mass is 10.2. The number of ether oxygens (including phenoxy) is 1. The third-order valence-corrected chi connectivity index (χ3v) is 4.43. The fourth-order valence-electron chi connectivity index (χ4n) is 1.77. The monoisotopic (exact) mass is 315 g/mol. The van der Waals surface area contributed by atoms with Crippen LogP contribution in [0.5, 0.6) is 0 Å². The normalized spacial score (nSPS) is 12.9. The van der Waals surface area contributed by atoms with Crippen molar-refractivity contribution in [1.82, 2.24) is 4.72 Å². The second-order valence-corrected chi connectivity index (χ2v) is 6.35. The number of hydrogen-bond donors (Lipinski definition) is 2. The van der Waals surface area contributed by atoms with Crippen molar-refractivity contribution in [1.29, 1.82) is 0 Å². The van der Waals surface area contributed by atoms with Crippen molar-refractivity contribution in [3.05, 3.63) is 29.8 Å². The van der Waals surface area contributed by atoms with Crippen molar-refractivity contribution in [2.24, 2.45) is 0 Å². The van der Waals surface area contributed by atoms with Gasteiger partial charge in [0.15, 0.2) is 0 Å². The minimum absolute atomic E-state index is 0.0281. The van der Waals surface area contributed by atoms with E-state index in [0.717, 1.165) is 0 Å². The second kappa shape index (κ2) is 8.11. The number of esters is 1. The maximum absolute atomic E-state index is 12.1. The summed E-state index contributed by atoms with van der Waals surface area (Å²) in [6, 6.07) is 5.31. The van der Waals surface area contributed by atoms with E-state index in [1.807, 2.05) is 0 Å². The van der Waals surface area contributed by atoms with E-state index in [4.69, 9.17) is 9.84 Å². The summed E-state index contributed by atoms with van der Waals surface area (Å²) in [6.45, 7) is 3.73. The van der Waals surface area contributed by atoms with Crippen LogP contribution in [0.25, 0.3) is 0 Å². The van der Waals surface area contributed by atoms with Crippen molar-refractivity contribution in [3.63, 3.8) is 0 Å². The van der Waals surface area contributed by atoms with E-state index < -0.39 is 16.0 Å². The summed E-state index contributed by atoms with van der Waals surface area (Å²) in [7, 11) is -3.63. The molecule has 0 bridgehead atoms. The van der Waals surface area contributed by atoms with E-state index in [0.29, 0.717) is 18.4 Å². The van der Waals surface area contributed by atoms with Crippen LogP contribution in [0.3, 0.4) is 0 Å². The molecule has 0 aliphatic carbocycles. The van der Waals surface area contributed by atoms with Crippen molar-refractivity contribution in [3.8, 4) is 0 Å². The molecule has 0 aromatic heterocycles. The fraction of sp³-hybridized carbons (Fsp3) is 0.500. The Labute approximate surface area is 125 Å². The zero-order valence-corrected chi connectivity index (χ0v) is 13.0. The molecule has 0 aliphatic rings. The van der Waals surface area contributed by atoms with Crippen molar-refractivity contribution in [2.75, 3.05) is 13.2 Å². The number of aliphatic hydroxyl groups excluding tert-OH is 1. The van der Waals surface area contributed by atoms with Crippen LogP contribution in [0.15, 0.2) is 29.2 Å². The van der Waals surface area contributed by atoms with Crippen molar-refractivity contribution in [2.45, 2.75) is 37.6 Å². The molecule has 0 spiro atoms. The molecule has 7 heteroatoms. The van der Waals surface area contributed by atoms with Gasteiger partial charge in [-0.15, -0.1) is 0 Å². The van der Waals surface area contributed by atoms with E-state index in [1.165, 1.54) is 24.3 Å². The summed E-state index contributed by atoms with van der Waals surface area (Å²) in [5.41, 5.74) is 0.309. The average Bonchev–Trinajstić information content (AvgIpc) is 2.45. The number of carbonyl (C=O) groups excluding carboxylic acids is 1. The van der Waals surface area contributed by atoms with Gasteiger partial charge in [-0.05, 0) is 51.0 Å². The van der Waals surface area contributed by atoms with Crippen LogP contribution in [-0.2, 0) is 14.8 Å². The third kappa shape index (κ3) is 5.45. The highest BCUT2D eigenvalue weighted by atomic mass is 32.2. The third-order valence-electron chi connectivity index (χ3n) is 2.83. The van der Waals surface area contributed by atoms with Gasteiger partial charge in [0.2, 0.25) is 10.0 Å². The molecular formula is C14H21NO5S. The summed E-state index contributed by atoms with van der Waals surface area (Å²) in [4.78, 5) is 11.6. The summed E-state index contributed by atoms with van der Waals surface area (Å²) in [6.07, 6.45) is 1.09. The van der Waals surface area contributed by atoms with Gasteiger partial charge in [0.25, 0.3) is 0 Å². The number of rotatable bonds is 8. The van der Waals surface area contributed by atoms with E-state index in [-0.39, 0.29) is 24.2 Å². The largest absolute Gasteiger partial charge is 0.462 e. The molecule has 1 aromatic carbocycles. The molecule has 0 saturated heterocycles. The number of benzene rings is 1. The SMILES string of the molecule is CCOC(=O)c1ccc(S(=O)(=O)NC(C)CCCO)cc1. The van der Waals surface area contributed by atoms with Gasteiger partial charge >= 0.3 is 5.97 Å². The Kier molecular flexibility index (Phi) is 6.80. The van der Waals surface area contributed by atoms with E-state index in [1.54, 1.807) is 13.8 Å². The number of nitrogens with one attached hydrogen (secondary N) is 1. The summed E-state index contributed by atoms with van der Waals surface area (Å²) in [5, 5.41) is 8.74. The number of aliphatic hydroxyl groups is 1. The zero-order valence-electron chi connectivity index (χ0n) is 12.2. The minimum atomic E-state index is -3.63. The molecule has 21 heavy (non-hydrogen) atoms. The Morgan fingerprint density at radius 2 is 1.95 bits per heavy atom. The first-order valence-electron chi connectivity index (χ1n) is 6.81. The van der Waals surface area contributed by atoms with Gasteiger partial charge < -0.3 is 9.84 Å². The molecule has 0 saturated carbocycles. The van der Waals surface area contributed by atoms with Crippen LogP contribution < -0.4 is 4.72 Å². The van der Waals surface area contributed by atoms with Gasteiger partial charge in [-0.25, -0.2) is 17.9 Å². The second-order valence-electron chi connectivity index (χ2n) is 4.63. The molecule has 0 heterocycles. The Morgan fingerprint density at radius 1 is 1.33 bits per heavy atom. The highest BCUT2D eigenvalue weighted by Gasteiger charge is 2.17. The first kappa shape index (κ1) is 17.6. The fourth-order valence-corrected chi connectivity index (χ4v) is 3.05. The Morgan fingerprint density at radius 3 is 2.48 bits per heavy atom. The molecule has 6 nitrogen and oxygen atoms in total. The van der Waals surface area contributed by atoms with E-state index in [2.05, 4.69) is 4.72 Å². The summed E-state index contributed by atoms with van der Waals surface area (Å²) in [5.74, 6) is -0.481. The van der Waals surface area contributed by atoms with Crippen LogP contribution in [0.1, 0.15) is 37.0 Å². The molecule has 0 radical (unpaired) electrons. The van der Waals surface area contributed by atoms with Gasteiger partial charge in [-0.1, -0.05) is 0 Å². The van der Waals surface area contributed by atoms with Gasteiger partial charge in [-0.3, -0.25) is 0 Å².